The maximum absolute atomic E-state index is 11.9. The number of carbonyl (C=O) groups is 1. The molecule has 1 amide bonds. The Labute approximate surface area is 96.4 Å². The lowest BCUT2D eigenvalue weighted by molar-refractivity contribution is 0.0744. The molecule has 0 spiro atoms. The van der Waals surface area contributed by atoms with E-state index in [4.69, 9.17) is 10.2 Å². The first-order valence-electron chi connectivity index (χ1n) is 5.62. The van der Waals surface area contributed by atoms with Crippen LogP contribution in [0.1, 0.15) is 30.2 Å². The zero-order valence-electron chi connectivity index (χ0n) is 10.2. The fraction of sp³-hybridized carbons (Fsp3) is 0.583. The lowest BCUT2D eigenvalue weighted by atomic mass is 10.2. The van der Waals surface area contributed by atoms with Crippen molar-refractivity contribution >= 4 is 5.91 Å². The number of furan rings is 1. The molecule has 1 rings (SSSR count). The Balaban J connectivity index is 2.62. The van der Waals surface area contributed by atoms with Gasteiger partial charge < -0.3 is 15.1 Å². The van der Waals surface area contributed by atoms with Crippen molar-refractivity contribution in [3.05, 3.63) is 23.7 Å². The van der Waals surface area contributed by atoms with Crippen LogP contribution in [0.25, 0.3) is 0 Å². The molecule has 90 valence electrons. The first-order chi connectivity index (χ1) is 7.58. The van der Waals surface area contributed by atoms with E-state index in [9.17, 15) is 4.79 Å². The molecule has 0 saturated carbocycles. The summed E-state index contributed by atoms with van der Waals surface area (Å²) in [6.07, 6.45) is 0.802. The van der Waals surface area contributed by atoms with Crippen LogP contribution >= 0.6 is 0 Å². The van der Waals surface area contributed by atoms with Crippen molar-refractivity contribution in [2.24, 2.45) is 11.7 Å². The van der Waals surface area contributed by atoms with E-state index in [0.717, 1.165) is 12.2 Å². The quantitative estimate of drug-likeness (QED) is 0.824. The average Bonchev–Trinajstić information content (AvgIpc) is 2.76. The lowest BCUT2D eigenvalue weighted by Gasteiger charge is -2.19. The molecule has 1 atom stereocenters. The van der Waals surface area contributed by atoms with Crippen LogP contribution in [0.3, 0.4) is 0 Å². The number of nitrogens with two attached hydrogens (primary N) is 1. The van der Waals surface area contributed by atoms with E-state index in [2.05, 4.69) is 0 Å². The summed E-state index contributed by atoms with van der Waals surface area (Å²) in [5, 5.41) is 0. The highest BCUT2D eigenvalue weighted by Gasteiger charge is 2.17. The third-order valence-electron chi connectivity index (χ3n) is 2.56. The maximum atomic E-state index is 11.9. The number of rotatable bonds is 5. The normalized spacial score (nSPS) is 12.5. The second-order valence-corrected chi connectivity index (χ2v) is 4.15. The van der Waals surface area contributed by atoms with Gasteiger partial charge >= 0.3 is 0 Å². The second-order valence-electron chi connectivity index (χ2n) is 4.15. The van der Waals surface area contributed by atoms with E-state index in [1.54, 1.807) is 18.0 Å². The molecule has 0 aromatic carbocycles. The molecular formula is C12H20N2O2. The topological polar surface area (TPSA) is 59.5 Å². The standard InChI is InChI=1S/C12H20N2O2/c1-4-10-5-6-11(16-10)12(15)14(3)8-9(2)7-13/h5-6,9H,4,7-8,13H2,1-3H3. The summed E-state index contributed by atoms with van der Waals surface area (Å²) in [5.74, 6) is 1.46. The highest BCUT2D eigenvalue weighted by atomic mass is 16.4. The Morgan fingerprint density at radius 2 is 2.25 bits per heavy atom. The van der Waals surface area contributed by atoms with Gasteiger partial charge in [-0.3, -0.25) is 4.79 Å². The van der Waals surface area contributed by atoms with Gasteiger partial charge in [0.1, 0.15) is 5.76 Å². The van der Waals surface area contributed by atoms with Gasteiger partial charge in [0.05, 0.1) is 0 Å². The molecule has 0 bridgehead atoms. The fourth-order valence-electron chi connectivity index (χ4n) is 1.50. The van der Waals surface area contributed by atoms with E-state index in [1.807, 2.05) is 19.9 Å². The minimum absolute atomic E-state index is 0.0833. The number of amides is 1. The first kappa shape index (κ1) is 12.8. The van der Waals surface area contributed by atoms with Crippen molar-refractivity contribution < 1.29 is 9.21 Å². The molecule has 0 radical (unpaired) electrons. The molecule has 0 aliphatic heterocycles. The SMILES string of the molecule is CCc1ccc(C(=O)N(C)CC(C)CN)o1. The van der Waals surface area contributed by atoms with Crippen LogP contribution in [-0.4, -0.2) is 30.9 Å². The molecule has 2 N–H and O–H groups in total. The number of carbonyl (C=O) groups excluding carboxylic acids is 1. The molecule has 0 fully saturated rings. The highest BCUT2D eigenvalue weighted by molar-refractivity contribution is 5.91. The average molecular weight is 224 g/mol. The zero-order valence-corrected chi connectivity index (χ0v) is 10.2. The van der Waals surface area contributed by atoms with Gasteiger partial charge in [0.15, 0.2) is 5.76 Å². The summed E-state index contributed by atoms with van der Waals surface area (Å²) >= 11 is 0. The molecule has 0 saturated heterocycles. The van der Waals surface area contributed by atoms with Crippen molar-refractivity contribution in [1.29, 1.82) is 0 Å². The smallest absolute Gasteiger partial charge is 0.289 e. The van der Waals surface area contributed by atoms with Crippen molar-refractivity contribution in [2.75, 3.05) is 20.1 Å². The molecule has 1 aromatic rings. The number of hydrogen-bond donors (Lipinski definition) is 1. The molecule has 0 aliphatic rings. The van der Waals surface area contributed by atoms with Gasteiger partial charge in [0.2, 0.25) is 0 Å². The van der Waals surface area contributed by atoms with Crippen molar-refractivity contribution in [3.8, 4) is 0 Å². The van der Waals surface area contributed by atoms with E-state index in [0.29, 0.717) is 24.8 Å². The minimum atomic E-state index is -0.0833. The second kappa shape index (κ2) is 5.70. The van der Waals surface area contributed by atoms with Gasteiger partial charge in [-0.25, -0.2) is 0 Å². The Morgan fingerprint density at radius 3 is 2.75 bits per heavy atom. The van der Waals surface area contributed by atoms with Crippen molar-refractivity contribution in [1.82, 2.24) is 4.90 Å². The molecule has 4 nitrogen and oxygen atoms in total. The largest absolute Gasteiger partial charge is 0.456 e. The molecule has 16 heavy (non-hydrogen) atoms. The third-order valence-corrected chi connectivity index (χ3v) is 2.56. The van der Waals surface area contributed by atoms with Gasteiger partial charge in [-0.2, -0.15) is 0 Å². The van der Waals surface area contributed by atoms with Crippen LogP contribution in [0.4, 0.5) is 0 Å². The van der Waals surface area contributed by atoms with Crippen LogP contribution in [0.2, 0.25) is 0 Å². The van der Waals surface area contributed by atoms with Crippen LogP contribution < -0.4 is 5.73 Å². The van der Waals surface area contributed by atoms with Gasteiger partial charge in [0, 0.05) is 20.0 Å². The van der Waals surface area contributed by atoms with E-state index < -0.39 is 0 Å². The number of aryl methyl sites for hydroxylation is 1. The fourth-order valence-corrected chi connectivity index (χ4v) is 1.50. The summed E-state index contributed by atoms with van der Waals surface area (Å²) in [4.78, 5) is 13.6. The van der Waals surface area contributed by atoms with Gasteiger partial charge in [-0.15, -0.1) is 0 Å². The summed E-state index contributed by atoms with van der Waals surface area (Å²) < 4.78 is 5.41. The molecule has 0 aliphatic carbocycles. The number of nitrogens with zero attached hydrogens (tertiary/aromatic N) is 1. The first-order valence-corrected chi connectivity index (χ1v) is 5.62. The maximum Gasteiger partial charge on any atom is 0.289 e. The van der Waals surface area contributed by atoms with E-state index in [1.165, 1.54) is 0 Å². The van der Waals surface area contributed by atoms with Crippen LogP contribution in [0.15, 0.2) is 16.5 Å². The van der Waals surface area contributed by atoms with Crippen LogP contribution in [0.5, 0.6) is 0 Å². The third kappa shape index (κ3) is 3.10. The molecule has 4 heteroatoms. The Kier molecular flexibility index (Phi) is 4.55. The predicted octanol–water partition coefficient (Wildman–Crippen LogP) is 1.51. The van der Waals surface area contributed by atoms with Crippen molar-refractivity contribution in [3.63, 3.8) is 0 Å². The van der Waals surface area contributed by atoms with Gasteiger partial charge in [-0.05, 0) is 24.6 Å². The summed E-state index contributed by atoms with van der Waals surface area (Å²) in [5.41, 5.74) is 5.52. The minimum Gasteiger partial charge on any atom is -0.456 e. The van der Waals surface area contributed by atoms with Crippen molar-refractivity contribution in [2.45, 2.75) is 20.3 Å². The molecule has 1 aromatic heterocycles. The van der Waals surface area contributed by atoms with Gasteiger partial charge in [-0.1, -0.05) is 13.8 Å². The molecule has 1 heterocycles. The summed E-state index contributed by atoms with van der Waals surface area (Å²) in [6, 6.07) is 3.57. The van der Waals surface area contributed by atoms with E-state index >= 15 is 0 Å². The van der Waals surface area contributed by atoms with E-state index in [-0.39, 0.29) is 5.91 Å². The predicted molar refractivity (Wildman–Crippen MR) is 63.3 cm³/mol. The lowest BCUT2D eigenvalue weighted by Crippen LogP contribution is -2.33. The summed E-state index contributed by atoms with van der Waals surface area (Å²) in [6.45, 7) is 5.24. The highest BCUT2D eigenvalue weighted by Crippen LogP contribution is 2.11. The summed E-state index contributed by atoms with van der Waals surface area (Å²) in [7, 11) is 1.77. The zero-order chi connectivity index (χ0) is 12.1. The monoisotopic (exact) mass is 224 g/mol. The Morgan fingerprint density at radius 1 is 1.56 bits per heavy atom. The Bertz CT molecular complexity index is 347. The van der Waals surface area contributed by atoms with Crippen LogP contribution in [-0.2, 0) is 6.42 Å². The Hall–Kier alpha value is -1.29. The molecular weight excluding hydrogens is 204 g/mol. The van der Waals surface area contributed by atoms with Gasteiger partial charge in [0.25, 0.3) is 5.91 Å². The van der Waals surface area contributed by atoms with Crippen LogP contribution in [0, 0.1) is 5.92 Å². The number of hydrogen-bond acceptors (Lipinski definition) is 3. The molecule has 1 unspecified atom stereocenters.